The minimum Gasteiger partial charge on any atom is -0.480 e. The molecule has 13 heavy (non-hydrogen) atoms. The van der Waals surface area contributed by atoms with Crippen molar-refractivity contribution >= 4 is 12.1 Å². The summed E-state index contributed by atoms with van der Waals surface area (Å²) >= 11 is 0. The number of alkyl carbamates (subject to hydrolysis) is 1. The Kier molecular flexibility index (Phi) is 3.11. The number of carboxylic acid groups (broad SMARTS) is 1. The maximum absolute atomic E-state index is 10.9. The fraction of sp³-hybridized carbons (Fsp3) is 0.750. The van der Waals surface area contributed by atoms with Crippen LogP contribution in [-0.2, 0) is 9.53 Å². The van der Waals surface area contributed by atoms with Crippen molar-refractivity contribution in [3.05, 3.63) is 0 Å². The monoisotopic (exact) mass is 187 g/mol. The fourth-order valence-electron chi connectivity index (χ4n) is 1.11. The smallest absolute Gasteiger partial charge is 0.407 e. The summed E-state index contributed by atoms with van der Waals surface area (Å²) in [6.07, 6.45) is 1.08. The molecule has 1 aliphatic carbocycles. The quantitative estimate of drug-likeness (QED) is 0.675. The number of hydrogen-bond donors (Lipinski definition) is 2. The second-order valence-corrected chi connectivity index (χ2v) is 3.02. The molecule has 0 radical (unpaired) electrons. The van der Waals surface area contributed by atoms with Gasteiger partial charge >= 0.3 is 12.1 Å². The second kappa shape index (κ2) is 4.11. The largest absolute Gasteiger partial charge is 0.480 e. The summed E-state index contributed by atoms with van der Waals surface area (Å²) < 4.78 is 4.59. The molecule has 1 fully saturated rings. The lowest BCUT2D eigenvalue weighted by Gasteiger charge is -2.12. The molecular weight excluding hydrogens is 174 g/mol. The number of aliphatic carboxylic acids is 1. The topological polar surface area (TPSA) is 75.6 Å². The zero-order valence-corrected chi connectivity index (χ0v) is 7.45. The number of amides is 1. The van der Waals surface area contributed by atoms with Gasteiger partial charge in [0.15, 0.2) is 0 Å². The van der Waals surface area contributed by atoms with E-state index in [1.54, 1.807) is 6.92 Å². The van der Waals surface area contributed by atoms with Crippen LogP contribution in [0.2, 0.25) is 0 Å². The molecule has 2 N–H and O–H groups in total. The molecule has 0 aromatic rings. The molecule has 5 heteroatoms. The van der Waals surface area contributed by atoms with Crippen molar-refractivity contribution in [2.75, 3.05) is 6.61 Å². The van der Waals surface area contributed by atoms with E-state index in [-0.39, 0.29) is 12.5 Å². The molecule has 1 aliphatic rings. The first-order chi connectivity index (χ1) is 6.15. The molecule has 5 nitrogen and oxygen atoms in total. The third kappa shape index (κ3) is 2.93. The van der Waals surface area contributed by atoms with E-state index in [0.717, 1.165) is 12.8 Å². The third-order valence-corrected chi connectivity index (χ3v) is 1.91. The van der Waals surface area contributed by atoms with Crippen molar-refractivity contribution in [3.63, 3.8) is 0 Å². The summed E-state index contributed by atoms with van der Waals surface area (Å²) in [5, 5.41) is 11.0. The second-order valence-electron chi connectivity index (χ2n) is 3.02. The highest BCUT2D eigenvalue weighted by Crippen LogP contribution is 2.32. The molecule has 0 aromatic heterocycles. The van der Waals surface area contributed by atoms with Crippen LogP contribution in [0.5, 0.6) is 0 Å². The third-order valence-electron chi connectivity index (χ3n) is 1.91. The zero-order chi connectivity index (χ0) is 9.84. The Bertz CT molecular complexity index is 212. The van der Waals surface area contributed by atoms with Crippen molar-refractivity contribution in [1.29, 1.82) is 0 Å². The Morgan fingerprint density at radius 1 is 1.62 bits per heavy atom. The lowest BCUT2D eigenvalue weighted by molar-refractivity contribution is -0.139. The van der Waals surface area contributed by atoms with Gasteiger partial charge in [0.05, 0.1) is 6.61 Å². The molecule has 1 saturated carbocycles. The lowest BCUT2D eigenvalue weighted by atomic mass is 10.2. The molecule has 1 rings (SSSR count). The highest BCUT2D eigenvalue weighted by atomic mass is 16.5. The van der Waals surface area contributed by atoms with Gasteiger partial charge in [0.2, 0.25) is 0 Å². The molecule has 0 bridgehead atoms. The molecule has 0 spiro atoms. The maximum Gasteiger partial charge on any atom is 0.407 e. The van der Waals surface area contributed by atoms with Crippen LogP contribution in [0, 0.1) is 5.92 Å². The van der Waals surface area contributed by atoms with E-state index in [0.29, 0.717) is 0 Å². The van der Waals surface area contributed by atoms with Crippen LogP contribution in [-0.4, -0.2) is 29.8 Å². The van der Waals surface area contributed by atoms with Crippen LogP contribution < -0.4 is 5.32 Å². The summed E-state index contributed by atoms with van der Waals surface area (Å²) in [6, 6.07) is -0.779. The maximum atomic E-state index is 10.9. The van der Waals surface area contributed by atoms with Gasteiger partial charge in [-0.05, 0) is 25.7 Å². The molecule has 0 aliphatic heterocycles. The van der Waals surface area contributed by atoms with Gasteiger partial charge in [-0.3, -0.25) is 0 Å². The number of hydrogen-bond acceptors (Lipinski definition) is 3. The molecule has 0 heterocycles. The van der Waals surface area contributed by atoms with E-state index in [1.807, 2.05) is 0 Å². The van der Waals surface area contributed by atoms with E-state index in [9.17, 15) is 9.59 Å². The van der Waals surface area contributed by atoms with E-state index in [1.165, 1.54) is 0 Å². The average Bonchev–Trinajstić information content (AvgIpc) is 2.82. The standard InChI is InChI=1S/C8H13NO4/c1-2-13-8(12)9-6(7(10)11)5-3-4-5/h5-6H,2-4H2,1H3,(H,9,12)(H,10,11). The number of rotatable bonds is 4. The van der Waals surface area contributed by atoms with Crippen LogP contribution >= 0.6 is 0 Å². The van der Waals surface area contributed by atoms with Crippen LogP contribution in [0.4, 0.5) is 4.79 Å². The SMILES string of the molecule is CCOC(=O)NC(C(=O)O)C1CC1. The minimum absolute atomic E-state index is 0.0851. The molecule has 0 aromatic carbocycles. The number of carboxylic acids is 1. The lowest BCUT2D eigenvalue weighted by Crippen LogP contribution is -2.42. The van der Waals surface area contributed by atoms with Crippen LogP contribution in [0.3, 0.4) is 0 Å². The predicted octanol–water partition coefficient (Wildman–Crippen LogP) is 0.596. The van der Waals surface area contributed by atoms with Gasteiger partial charge in [-0.15, -0.1) is 0 Å². The van der Waals surface area contributed by atoms with Crippen molar-refractivity contribution < 1.29 is 19.4 Å². The summed E-state index contributed by atoms with van der Waals surface area (Å²) in [5.41, 5.74) is 0. The highest BCUT2D eigenvalue weighted by molar-refractivity contribution is 5.80. The Balaban J connectivity index is 2.37. The van der Waals surface area contributed by atoms with Crippen molar-refractivity contribution in [2.45, 2.75) is 25.8 Å². The minimum atomic E-state index is -0.990. The first kappa shape index (κ1) is 9.83. The zero-order valence-electron chi connectivity index (χ0n) is 7.45. The van der Waals surface area contributed by atoms with Gasteiger partial charge in [-0.25, -0.2) is 9.59 Å². The molecular formula is C8H13NO4. The number of nitrogens with one attached hydrogen (secondary N) is 1. The molecule has 1 unspecified atom stereocenters. The Hall–Kier alpha value is -1.26. The van der Waals surface area contributed by atoms with Gasteiger partial charge < -0.3 is 15.2 Å². The first-order valence-electron chi connectivity index (χ1n) is 4.31. The van der Waals surface area contributed by atoms with E-state index < -0.39 is 18.1 Å². The molecule has 74 valence electrons. The Morgan fingerprint density at radius 2 is 2.23 bits per heavy atom. The summed E-state index contributed by atoms with van der Waals surface area (Å²) in [5.74, 6) is -0.905. The number of carbonyl (C=O) groups is 2. The van der Waals surface area contributed by atoms with Gasteiger partial charge in [0.1, 0.15) is 6.04 Å². The van der Waals surface area contributed by atoms with Crippen molar-refractivity contribution in [1.82, 2.24) is 5.32 Å². The van der Waals surface area contributed by atoms with Gasteiger partial charge in [0, 0.05) is 0 Å². The normalized spacial score (nSPS) is 17.6. The summed E-state index contributed by atoms with van der Waals surface area (Å²) in [4.78, 5) is 21.5. The van der Waals surface area contributed by atoms with Gasteiger partial charge in [-0.2, -0.15) is 0 Å². The summed E-state index contributed by atoms with van der Waals surface area (Å²) in [6.45, 7) is 1.93. The molecule has 1 atom stereocenters. The van der Waals surface area contributed by atoms with Crippen LogP contribution in [0.25, 0.3) is 0 Å². The van der Waals surface area contributed by atoms with E-state index in [4.69, 9.17) is 5.11 Å². The summed E-state index contributed by atoms with van der Waals surface area (Å²) in [7, 11) is 0. The molecule has 1 amide bonds. The first-order valence-corrected chi connectivity index (χ1v) is 4.31. The van der Waals surface area contributed by atoms with Gasteiger partial charge in [0.25, 0.3) is 0 Å². The predicted molar refractivity (Wildman–Crippen MR) is 44.3 cm³/mol. The number of ether oxygens (including phenoxy) is 1. The van der Waals surface area contributed by atoms with Crippen molar-refractivity contribution in [3.8, 4) is 0 Å². The highest BCUT2D eigenvalue weighted by Gasteiger charge is 2.37. The van der Waals surface area contributed by atoms with Crippen LogP contribution in [0.1, 0.15) is 19.8 Å². The number of carbonyl (C=O) groups excluding carboxylic acids is 1. The average molecular weight is 187 g/mol. The fourth-order valence-corrected chi connectivity index (χ4v) is 1.11. The Labute approximate surface area is 76.1 Å². The van der Waals surface area contributed by atoms with E-state index >= 15 is 0 Å². The van der Waals surface area contributed by atoms with Crippen molar-refractivity contribution in [2.24, 2.45) is 5.92 Å². The Morgan fingerprint density at radius 3 is 2.62 bits per heavy atom. The molecule has 0 saturated heterocycles. The van der Waals surface area contributed by atoms with E-state index in [2.05, 4.69) is 10.1 Å². The van der Waals surface area contributed by atoms with Crippen LogP contribution in [0.15, 0.2) is 0 Å². The van der Waals surface area contributed by atoms with Gasteiger partial charge in [-0.1, -0.05) is 0 Å².